The van der Waals surface area contributed by atoms with Crippen LogP contribution in [0.2, 0.25) is 0 Å². The van der Waals surface area contributed by atoms with Crippen LogP contribution in [0.1, 0.15) is 32.3 Å². The summed E-state index contributed by atoms with van der Waals surface area (Å²) in [5.74, 6) is 0.711. The van der Waals surface area contributed by atoms with Gasteiger partial charge in [-0.15, -0.1) is 0 Å². The van der Waals surface area contributed by atoms with E-state index in [1.165, 1.54) is 31.1 Å². The number of hydrogen-bond donors (Lipinski definition) is 1. The minimum absolute atomic E-state index is 0.0137. The Balaban J connectivity index is 1.60. The summed E-state index contributed by atoms with van der Waals surface area (Å²) in [5, 5.41) is 4.04. The van der Waals surface area contributed by atoms with Crippen LogP contribution in [0.3, 0.4) is 0 Å². The van der Waals surface area contributed by atoms with E-state index >= 15 is 0 Å². The van der Waals surface area contributed by atoms with Gasteiger partial charge < -0.3 is 10.1 Å². The third-order valence-corrected chi connectivity index (χ3v) is 8.61. The Morgan fingerprint density at radius 3 is 3.08 bits per heavy atom. The zero-order chi connectivity index (χ0) is 17.7. The van der Waals surface area contributed by atoms with Gasteiger partial charge in [0.2, 0.25) is 0 Å². The Kier molecular flexibility index (Phi) is 2.66. The average Bonchev–Trinajstić information content (AvgIpc) is 3.29. The first-order valence-electron chi connectivity index (χ1n) is 9.99. The molecular formula is C22H26N2O2. The standard InChI is InChI=1S/C22H26N2O2/c1-14-20-8-5-10-24-11-9-21(19(20)24)17-6-3-4-7-18(17)23-22(14,21)16(12-20)13-26-15(2)25/h3-8,14,16,19,23H,9-13H2,1-2H3. The number of nitrogens with zero attached hydrogens (tertiary/aromatic N) is 1. The van der Waals surface area contributed by atoms with Crippen molar-refractivity contribution in [3.63, 3.8) is 0 Å². The lowest BCUT2D eigenvalue weighted by Gasteiger charge is -2.51. The molecule has 2 saturated carbocycles. The molecule has 136 valence electrons. The Bertz CT molecular complexity index is 850. The fraction of sp³-hybridized carbons (Fsp3) is 0.591. The second-order valence-corrected chi connectivity index (χ2v) is 9.10. The molecule has 0 amide bonds. The summed E-state index contributed by atoms with van der Waals surface area (Å²) in [7, 11) is 0. The van der Waals surface area contributed by atoms with Crippen LogP contribution < -0.4 is 5.32 Å². The van der Waals surface area contributed by atoms with Gasteiger partial charge in [0.15, 0.2) is 0 Å². The number of carbonyl (C=O) groups excluding carboxylic acids is 1. The van der Waals surface area contributed by atoms with Crippen LogP contribution >= 0.6 is 0 Å². The highest BCUT2D eigenvalue weighted by Gasteiger charge is 2.84. The predicted molar refractivity (Wildman–Crippen MR) is 99.9 cm³/mol. The largest absolute Gasteiger partial charge is 0.465 e. The number of benzene rings is 1. The molecule has 2 bridgehead atoms. The molecule has 4 heteroatoms. The van der Waals surface area contributed by atoms with E-state index in [9.17, 15) is 4.79 Å². The minimum atomic E-state index is -0.164. The third kappa shape index (κ3) is 1.34. The summed E-state index contributed by atoms with van der Waals surface area (Å²) >= 11 is 0. The fourth-order valence-corrected chi connectivity index (χ4v) is 8.12. The van der Waals surface area contributed by atoms with Crippen molar-refractivity contribution < 1.29 is 9.53 Å². The maximum atomic E-state index is 11.6. The van der Waals surface area contributed by atoms with E-state index in [-0.39, 0.29) is 22.3 Å². The molecule has 3 fully saturated rings. The highest BCUT2D eigenvalue weighted by atomic mass is 16.5. The predicted octanol–water partition coefficient (Wildman–Crippen LogP) is 2.95. The summed E-state index contributed by atoms with van der Waals surface area (Å²) in [6.07, 6.45) is 7.23. The normalized spacial score (nSPS) is 46.6. The van der Waals surface area contributed by atoms with Crippen LogP contribution in [0.5, 0.6) is 0 Å². The van der Waals surface area contributed by atoms with Crippen LogP contribution in [0.25, 0.3) is 0 Å². The Morgan fingerprint density at radius 2 is 2.23 bits per heavy atom. The van der Waals surface area contributed by atoms with Gasteiger partial charge in [0, 0.05) is 41.9 Å². The van der Waals surface area contributed by atoms with Gasteiger partial charge in [-0.1, -0.05) is 37.3 Å². The molecule has 1 saturated heterocycles. The smallest absolute Gasteiger partial charge is 0.302 e. The van der Waals surface area contributed by atoms with Crippen molar-refractivity contribution >= 4 is 11.7 Å². The van der Waals surface area contributed by atoms with Crippen LogP contribution in [-0.2, 0) is 14.9 Å². The summed E-state index contributed by atoms with van der Waals surface area (Å²) < 4.78 is 5.59. The van der Waals surface area contributed by atoms with Gasteiger partial charge in [0.05, 0.1) is 12.1 Å². The van der Waals surface area contributed by atoms with Gasteiger partial charge in [-0.25, -0.2) is 0 Å². The van der Waals surface area contributed by atoms with Gasteiger partial charge in [-0.3, -0.25) is 9.69 Å². The molecule has 0 radical (unpaired) electrons. The molecule has 3 spiro atoms. The maximum Gasteiger partial charge on any atom is 0.302 e. The molecule has 1 aromatic carbocycles. The van der Waals surface area contributed by atoms with Crippen molar-refractivity contribution in [2.75, 3.05) is 25.0 Å². The lowest BCUT2D eigenvalue weighted by Crippen LogP contribution is -2.62. The number of nitrogens with one attached hydrogen (secondary N) is 1. The van der Waals surface area contributed by atoms with E-state index in [1.54, 1.807) is 0 Å². The fourth-order valence-electron chi connectivity index (χ4n) is 8.12. The second-order valence-electron chi connectivity index (χ2n) is 9.10. The molecule has 1 N–H and O–H groups in total. The quantitative estimate of drug-likeness (QED) is 0.658. The number of para-hydroxylation sites is 1. The first kappa shape index (κ1) is 15.3. The Labute approximate surface area is 154 Å². The van der Waals surface area contributed by atoms with E-state index in [0.29, 0.717) is 24.5 Å². The van der Waals surface area contributed by atoms with E-state index < -0.39 is 0 Å². The van der Waals surface area contributed by atoms with Crippen molar-refractivity contribution in [2.45, 2.75) is 43.7 Å². The molecule has 26 heavy (non-hydrogen) atoms. The molecule has 2 aliphatic carbocycles. The number of fused-ring (bicyclic) bond motifs is 1. The van der Waals surface area contributed by atoms with Crippen molar-refractivity contribution in [3.05, 3.63) is 42.0 Å². The zero-order valence-corrected chi connectivity index (χ0v) is 15.5. The van der Waals surface area contributed by atoms with Crippen LogP contribution in [0.15, 0.2) is 36.4 Å². The van der Waals surface area contributed by atoms with E-state index in [2.05, 4.69) is 53.6 Å². The van der Waals surface area contributed by atoms with Crippen molar-refractivity contribution in [3.8, 4) is 0 Å². The van der Waals surface area contributed by atoms with Crippen molar-refractivity contribution in [2.24, 2.45) is 17.3 Å². The Morgan fingerprint density at radius 1 is 1.38 bits per heavy atom. The van der Waals surface area contributed by atoms with Gasteiger partial charge in [0.1, 0.15) is 0 Å². The minimum Gasteiger partial charge on any atom is -0.465 e. The number of esters is 1. The Hall–Kier alpha value is -1.81. The molecule has 6 atom stereocenters. The summed E-state index contributed by atoms with van der Waals surface area (Å²) in [5.41, 5.74) is 3.13. The van der Waals surface area contributed by atoms with E-state index in [4.69, 9.17) is 4.74 Å². The summed E-state index contributed by atoms with van der Waals surface area (Å²) in [6.45, 7) is 6.75. The molecule has 6 rings (SSSR count). The first-order valence-corrected chi connectivity index (χ1v) is 9.99. The highest BCUT2D eigenvalue weighted by Crippen LogP contribution is 2.78. The summed E-state index contributed by atoms with van der Waals surface area (Å²) in [6, 6.07) is 9.50. The van der Waals surface area contributed by atoms with Crippen LogP contribution in [0, 0.1) is 17.3 Å². The average molecular weight is 350 g/mol. The molecular weight excluding hydrogens is 324 g/mol. The van der Waals surface area contributed by atoms with Gasteiger partial charge in [-0.2, -0.15) is 0 Å². The van der Waals surface area contributed by atoms with Crippen molar-refractivity contribution in [1.29, 1.82) is 0 Å². The van der Waals surface area contributed by atoms with Gasteiger partial charge >= 0.3 is 5.97 Å². The zero-order valence-electron chi connectivity index (χ0n) is 15.5. The number of anilines is 1. The van der Waals surface area contributed by atoms with E-state index in [1.807, 2.05) is 0 Å². The molecule has 0 aromatic heterocycles. The van der Waals surface area contributed by atoms with Gasteiger partial charge in [0.25, 0.3) is 0 Å². The molecule has 3 aliphatic heterocycles. The second kappa shape index (κ2) is 4.53. The third-order valence-electron chi connectivity index (χ3n) is 8.61. The maximum absolute atomic E-state index is 11.6. The monoisotopic (exact) mass is 350 g/mol. The van der Waals surface area contributed by atoms with Crippen LogP contribution in [0.4, 0.5) is 5.69 Å². The van der Waals surface area contributed by atoms with E-state index in [0.717, 1.165) is 13.0 Å². The number of rotatable bonds is 2. The highest BCUT2D eigenvalue weighted by molar-refractivity contribution is 5.71. The SMILES string of the molecule is CC(=O)OCC1CC23C=CCN4CCC5(c6ccccc6NC15C2C)C43. The lowest BCUT2D eigenvalue weighted by atomic mass is 9.57. The molecule has 3 heterocycles. The number of ether oxygens (including phenoxy) is 1. The van der Waals surface area contributed by atoms with Crippen molar-refractivity contribution in [1.82, 2.24) is 4.90 Å². The lowest BCUT2D eigenvalue weighted by molar-refractivity contribution is -0.143. The molecule has 1 aromatic rings. The van der Waals surface area contributed by atoms with Gasteiger partial charge in [-0.05, 0) is 36.9 Å². The topological polar surface area (TPSA) is 41.6 Å². The molecule has 5 aliphatic rings. The molecule has 4 nitrogen and oxygen atoms in total. The summed E-state index contributed by atoms with van der Waals surface area (Å²) in [4.78, 5) is 14.3. The number of carbonyl (C=O) groups is 1. The number of hydrogen-bond acceptors (Lipinski definition) is 4. The first-order chi connectivity index (χ1) is 12.6. The molecule has 6 unspecified atom stereocenters. The van der Waals surface area contributed by atoms with Crippen LogP contribution in [-0.4, -0.2) is 42.1 Å².